The molecule has 1 aromatic carbocycles. The van der Waals surface area contributed by atoms with Gasteiger partial charge in [0.25, 0.3) is 5.91 Å². The second-order valence-electron chi connectivity index (χ2n) is 8.37. The number of allylic oxidation sites excluding steroid dienone is 2. The Morgan fingerprint density at radius 2 is 1.73 bits per heavy atom. The number of nitrogens with zero attached hydrogens (tertiary/aromatic N) is 1. The first-order valence-electron chi connectivity index (χ1n) is 10.1. The first kappa shape index (κ1) is 20.6. The molecule has 1 aliphatic heterocycles. The fourth-order valence-corrected chi connectivity index (χ4v) is 5.03. The Kier molecular flexibility index (Phi) is 5.40. The predicted molar refractivity (Wildman–Crippen MR) is 109 cm³/mol. The standard InChI is InChI=1S/C22H23ClN2O5/c1-11(2)19(22(29)30-10-16(26)24-15-6-4-3-5-14(15)23)25-20(27)17-12-7-8-13(9-12)18(17)21(25)28/h3-8,11-13,17-19H,9-10H2,1-2H3,(H,24,26)/t12-,13-,17-,18+,19-/m0/s1. The maximum Gasteiger partial charge on any atom is 0.330 e. The van der Waals surface area contributed by atoms with Crippen LogP contribution >= 0.6 is 11.6 Å². The van der Waals surface area contributed by atoms with Crippen molar-refractivity contribution in [1.82, 2.24) is 4.90 Å². The van der Waals surface area contributed by atoms with Gasteiger partial charge in [-0.05, 0) is 36.3 Å². The maximum atomic E-state index is 13.0. The third-order valence-electron chi connectivity index (χ3n) is 6.15. The van der Waals surface area contributed by atoms with Crippen molar-refractivity contribution in [1.29, 1.82) is 0 Å². The third kappa shape index (κ3) is 3.41. The Morgan fingerprint density at radius 3 is 2.30 bits per heavy atom. The summed E-state index contributed by atoms with van der Waals surface area (Å²) in [6.07, 6.45) is 4.82. The predicted octanol–water partition coefficient (Wildman–Crippen LogP) is 2.65. The quantitative estimate of drug-likeness (QED) is 0.425. The first-order valence-corrected chi connectivity index (χ1v) is 10.4. The molecule has 0 unspecified atom stereocenters. The minimum absolute atomic E-state index is 0.0617. The number of anilines is 1. The molecule has 7 nitrogen and oxygen atoms in total. The zero-order valence-corrected chi connectivity index (χ0v) is 17.5. The number of rotatable bonds is 6. The van der Waals surface area contributed by atoms with Gasteiger partial charge in [0.05, 0.1) is 22.5 Å². The number of likely N-dealkylation sites (tertiary alicyclic amines) is 1. The molecule has 0 aromatic heterocycles. The molecule has 1 saturated heterocycles. The molecule has 158 valence electrons. The van der Waals surface area contributed by atoms with Crippen LogP contribution in [0.2, 0.25) is 5.02 Å². The molecule has 0 radical (unpaired) electrons. The highest BCUT2D eigenvalue weighted by Gasteiger charge is 2.61. The molecule has 1 heterocycles. The van der Waals surface area contributed by atoms with E-state index in [4.69, 9.17) is 16.3 Å². The Labute approximate surface area is 179 Å². The van der Waals surface area contributed by atoms with Gasteiger partial charge in [0, 0.05) is 0 Å². The van der Waals surface area contributed by atoms with Crippen molar-refractivity contribution in [2.75, 3.05) is 11.9 Å². The number of carbonyl (C=O) groups is 4. The van der Waals surface area contributed by atoms with Crippen LogP contribution in [0.5, 0.6) is 0 Å². The summed E-state index contributed by atoms with van der Waals surface area (Å²) in [6, 6.07) is 5.64. The van der Waals surface area contributed by atoms with Crippen LogP contribution in [0.15, 0.2) is 36.4 Å². The van der Waals surface area contributed by atoms with Crippen LogP contribution in [0.3, 0.4) is 0 Å². The molecule has 1 saturated carbocycles. The fraction of sp³-hybridized carbons (Fsp3) is 0.455. The molecule has 0 spiro atoms. The van der Waals surface area contributed by atoms with Crippen LogP contribution in [-0.2, 0) is 23.9 Å². The van der Waals surface area contributed by atoms with Gasteiger partial charge in [0.15, 0.2) is 6.61 Å². The lowest BCUT2D eigenvalue weighted by atomic mass is 9.85. The lowest BCUT2D eigenvalue weighted by Crippen LogP contribution is -2.50. The molecular weight excluding hydrogens is 408 g/mol. The van der Waals surface area contributed by atoms with E-state index in [0.717, 1.165) is 11.3 Å². The zero-order chi connectivity index (χ0) is 21.6. The first-order chi connectivity index (χ1) is 14.3. The van der Waals surface area contributed by atoms with Crippen LogP contribution in [0.4, 0.5) is 5.69 Å². The van der Waals surface area contributed by atoms with Crippen LogP contribution in [0.25, 0.3) is 0 Å². The van der Waals surface area contributed by atoms with Crippen molar-refractivity contribution in [2.45, 2.75) is 26.3 Å². The van der Waals surface area contributed by atoms with Crippen LogP contribution in [-0.4, -0.2) is 41.2 Å². The van der Waals surface area contributed by atoms with Crippen LogP contribution in [0, 0.1) is 29.6 Å². The summed E-state index contributed by atoms with van der Waals surface area (Å²) in [5, 5.41) is 2.93. The summed E-state index contributed by atoms with van der Waals surface area (Å²) < 4.78 is 5.18. The van der Waals surface area contributed by atoms with E-state index >= 15 is 0 Å². The monoisotopic (exact) mass is 430 g/mol. The highest BCUT2D eigenvalue weighted by Crippen LogP contribution is 2.53. The van der Waals surface area contributed by atoms with E-state index in [1.54, 1.807) is 38.1 Å². The average molecular weight is 431 g/mol. The Balaban J connectivity index is 1.43. The summed E-state index contributed by atoms with van der Waals surface area (Å²) in [5.74, 6) is -2.93. The molecular formula is C22H23ClN2O5. The molecule has 1 N–H and O–H groups in total. The van der Waals surface area contributed by atoms with E-state index in [0.29, 0.717) is 10.7 Å². The highest BCUT2D eigenvalue weighted by atomic mass is 35.5. The van der Waals surface area contributed by atoms with E-state index in [1.165, 1.54) is 0 Å². The topological polar surface area (TPSA) is 92.8 Å². The molecule has 8 heteroatoms. The van der Waals surface area contributed by atoms with Crippen LogP contribution in [0.1, 0.15) is 20.3 Å². The van der Waals surface area contributed by atoms with Crippen molar-refractivity contribution in [3.63, 3.8) is 0 Å². The lowest BCUT2D eigenvalue weighted by molar-refractivity contribution is -0.162. The Bertz CT molecular complexity index is 913. The second-order valence-corrected chi connectivity index (χ2v) is 8.78. The summed E-state index contributed by atoms with van der Waals surface area (Å²) in [4.78, 5) is 52.1. The molecule has 2 bridgehead atoms. The van der Waals surface area contributed by atoms with E-state index in [-0.39, 0.29) is 41.4 Å². The van der Waals surface area contributed by atoms with Crippen LogP contribution < -0.4 is 5.32 Å². The molecule has 1 aromatic rings. The van der Waals surface area contributed by atoms with Gasteiger partial charge in [-0.1, -0.05) is 49.7 Å². The summed E-state index contributed by atoms with van der Waals surface area (Å²) >= 11 is 6.01. The Morgan fingerprint density at radius 1 is 1.13 bits per heavy atom. The zero-order valence-electron chi connectivity index (χ0n) is 16.7. The average Bonchev–Trinajstić information content (AvgIpc) is 3.38. The number of hydrogen-bond donors (Lipinski definition) is 1. The van der Waals surface area contributed by atoms with Crippen molar-refractivity contribution >= 4 is 41.0 Å². The van der Waals surface area contributed by atoms with Crippen molar-refractivity contribution < 1.29 is 23.9 Å². The largest absolute Gasteiger partial charge is 0.454 e. The molecule has 3 amide bonds. The number of ether oxygens (including phenoxy) is 1. The number of para-hydroxylation sites is 1. The van der Waals surface area contributed by atoms with Crippen molar-refractivity contribution in [2.24, 2.45) is 29.6 Å². The molecule has 30 heavy (non-hydrogen) atoms. The lowest BCUT2D eigenvalue weighted by Gasteiger charge is -2.28. The van der Waals surface area contributed by atoms with E-state index in [1.807, 2.05) is 12.2 Å². The smallest absolute Gasteiger partial charge is 0.330 e. The van der Waals surface area contributed by atoms with Gasteiger partial charge in [0.1, 0.15) is 6.04 Å². The summed E-state index contributed by atoms with van der Waals surface area (Å²) in [5.41, 5.74) is 0.404. The minimum Gasteiger partial charge on any atom is -0.454 e. The van der Waals surface area contributed by atoms with E-state index < -0.39 is 24.5 Å². The van der Waals surface area contributed by atoms with Gasteiger partial charge in [-0.3, -0.25) is 19.3 Å². The molecule has 2 aliphatic carbocycles. The number of halogens is 1. The molecule has 4 rings (SSSR count). The summed E-state index contributed by atoms with van der Waals surface area (Å²) in [6.45, 7) is 2.96. The summed E-state index contributed by atoms with van der Waals surface area (Å²) in [7, 11) is 0. The van der Waals surface area contributed by atoms with Gasteiger partial charge in [-0.2, -0.15) is 0 Å². The van der Waals surface area contributed by atoms with Gasteiger partial charge in [-0.25, -0.2) is 4.79 Å². The molecule has 2 fully saturated rings. The molecule has 3 aliphatic rings. The number of imide groups is 1. The number of fused-ring (bicyclic) bond motifs is 5. The highest BCUT2D eigenvalue weighted by molar-refractivity contribution is 6.33. The van der Waals surface area contributed by atoms with E-state index in [9.17, 15) is 19.2 Å². The molecule has 5 atom stereocenters. The SMILES string of the molecule is CC(C)[C@@H](C(=O)OCC(=O)Nc1ccccc1Cl)N1C(=O)[C@@H]2[C@H](C1=O)[C@H]1C=C[C@H]2C1. The number of nitrogens with one attached hydrogen (secondary N) is 1. The van der Waals surface area contributed by atoms with Crippen molar-refractivity contribution in [3.8, 4) is 0 Å². The third-order valence-corrected chi connectivity index (χ3v) is 6.48. The van der Waals surface area contributed by atoms with Crippen molar-refractivity contribution in [3.05, 3.63) is 41.4 Å². The number of benzene rings is 1. The Hall–Kier alpha value is -2.67. The number of amides is 3. The van der Waals surface area contributed by atoms with Gasteiger partial charge in [0.2, 0.25) is 11.8 Å². The fourth-order valence-electron chi connectivity index (χ4n) is 4.85. The number of carbonyl (C=O) groups excluding carboxylic acids is 4. The second kappa shape index (κ2) is 7.87. The van der Waals surface area contributed by atoms with Gasteiger partial charge < -0.3 is 10.1 Å². The maximum absolute atomic E-state index is 13.0. The number of esters is 1. The number of hydrogen-bond acceptors (Lipinski definition) is 5. The van der Waals surface area contributed by atoms with Gasteiger partial charge >= 0.3 is 5.97 Å². The van der Waals surface area contributed by atoms with E-state index in [2.05, 4.69) is 5.32 Å². The normalized spacial score (nSPS) is 27.5. The minimum atomic E-state index is -1.05. The van der Waals surface area contributed by atoms with Gasteiger partial charge in [-0.15, -0.1) is 0 Å².